The molecule has 1 unspecified atom stereocenters. The number of ketones is 1. The average Bonchev–Trinajstić information content (AvgIpc) is 1.43. The van der Waals surface area contributed by atoms with Gasteiger partial charge in [-0.15, -0.1) is 0 Å². The molecule has 5 bridgehead atoms. The molecule has 468 valence electrons. The Morgan fingerprint density at radius 2 is 1.59 bits per heavy atom. The highest BCUT2D eigenvalue weighted by Gasteiger charge is 2.50. The van der Waals surface area contributed by atoms with E-state index in [1.807, 2.05) is 0 Å². The number of aromatic hydroxyl groups is 3. The number of rotatable bonds is 8. The van der Waals surface area contributed by atoms with E-state index in [-0.39, 0.29) is 102 Å². The van der Waals surface area contributed by atoms with Gasteiger partial charge in [-0.3, -0.25) is 33.5 Å². The lowest BCUT2D eigenvalue weighted by atomic mass is 9.78. The van der Waals surface area contributed by atoms with Crippen LogP contribution in [0.5, 0.6) is 23.0 Å². The van der Waals surface area contributed by atoms with E-state index in [0.717, 1.165) is 41.4 Å². The van der Waals surface area contributed by atoms with Gasteiger partial charge in [0.25, 0.3) is 11.7 Å². The van der Waals surface area contributed by atoms with Crippen molar-refractivity contribution in [3.05, 3.63) is 117 Å². The molecule has 0 radical (unpaired) electrons. The minimum absolute atomic E-state index is 0.0354. The number of aromatic carboxylic acids is 1. The molecule has 26 heteroatoms. The van der Waals surface area contributed by atoms with Crippen LogP contribution in [0.25, 0.3) is 27.5 Å². The molecule has 7 N–H and O–H groups in total. The van der Waals surface area contributed by atoms with Crippen molar-refractivity contribution in [2.24, 2.45) is 34.7 Å². The first-order valence-corrected chi connectivity index (χ1v) is 28.4. The van der Waals surface area contributed by atoms with Gasteiger partial charge in [-0.25, -0.2) is 22.9 Å². The lowest BCUT2D eigenvalue weighted by Gasteiger charge is -2.38. The maximum atomic E-state index is 16.0. The number of halogens is 3. The van der Waals surface area contributed by atoms with Gasteiger partial charge in [0.2, 0.25) is 11.3 Å². The number of carboxylic acid groups (broad SMARTS) is 1. The molecular formula is C62H68F3N7O16. The van der Waals surface area contributed by atoms with Gasteiger partial charge >= 0.3 is 17.7 Å². The van der Waals surface area contributed by atoms with E-state index in [1.54, 1.807) is 43.7 Å². The van der Waals surface area contributed by atoms with Crippen molar-refractivity contribution in [1.82, 2.24) is 19.5 Å². The minimum atomic E-state index is -2.17. The maximum absolute atomic E-state index is 16.0. The van der Waals surface area contributed by atoms with Crippen LogP contribution < -0.4 is 20.4 Å². The summed E-state index contributed by atoms with van der Waals surface area (Å²) in [6.45, 7) is 12.6. The quantitative estimate of drug-likeness (QED) is 0.0374. The molecule has 2 amide bonds. The number of phenolic OH excluding ortho intramolecular Hbond substituents is 3. The number of carbonyl (C=O) groups excluding carboxylic acids is 4. The number of ether oxygens (including phenoxy) is 4. The number of fused-ring (bicyclic) bond motifs is 15. The largest absolute Gasteiger partial charge is 0.507 e. The number of piperazine rings is 1. The van der Waals surface area contributed by atoms with Crippen molar-refractivity contribution in [3.8, 4) is 28.7 Å². The normalized spacial score (nSPS) is 26.9. The molecule has 2 fully saturated rings. The maximum Gasteiger partial charge on any atom is 0.341 e. The molecule has 10 rings (SSSR count). The Hall–Kier alpha value is -9.01. The number of amides is 2. The van der Waals surface area contributed by atoms with Crippen LogP contribution in [0.3, 0.4) is 0 Å². The molecule has 0 saturated carbocycles. The molecule has 5 aromatic rings. The smallest absolute Gasteiger partial charge is 0.341 e. The Balaban J connectivity index is 1.01. The number of esters is 1. The summed E-state index contributed by atoms with van der Waals surface area (Å²) in [4.78, 5) is 88.1. The number of carboxylic acids is 1. The second-order valence-corrected chi connectivity index (χ2v) is 22.9. The van der Waals surface area contributed by atoms with E-state index in [4.69, 9.17) is 18.9 Å². The lowest BCUT2D eigenvalue weighted by molar-refractivity contribution is -0.160. The Labute approximate surface area is 502 Å². The highest BCUT2D eigenvalue weighted by atomic mass is 19.1. The van der Waals surface area contributed by atoms with Crippen LogP contribution in [0.4, 0.5) is 24.7 Å². The first-order valence-electron chi connectivity index (χ1n) is 28.4. The van der Waals surface area contributed by atoms with Crippen LogP contribution in [0, 0.1) is 54.0 Å². The second kappa shape index (κ2) is 25.0. The number of Topliss-reactive ketones (excluding diaryl/α,β-unsaturated/α-hetero) is 1. The van der Waals surface area contributed by atoms with Crippen LogP contribution in [-0.4, -0.2) is 162 Å². The van der Waals surface area contributed by atoms with E-state index < -0.39 is 146 Å². The standard InChI is InChI=1S/C62H68F3N7O16/c1-28-11-10-12-29(2)59(81)67-47-38(52(78)44-45(53(47)79)50(76)33(6)55-46(44)56(80)62(8,88-55)86-22-16-43(85-9)30(3)54(87-34(7)73)32(5)49(75)31(4)48(28)74)25-66-71-20-18-69(19-21-71)60(82)35-15-17-70(26-35)58-41(65)24-37-51(77)39(61(83)84)27-72(57(37)68-58)42-14-13-36(63)23-40(42)64/h10-14,16,22-25,27-28,30-32,35,43,48-49,54,74-76,78-79H,15,17-21,26H2,1-9H3,(H,67,81)(H,83,84)/b11-10+,22-16+,29-12-,66-25+/t28-,30-,31-,32-,35?,43+,48+,49-,54-,62+/m1/s1. The molecule has 5 aliphatic rings. The van der Waals surface area contributed by atoms with Crippen molar-refractivity contribution < 1.29 is 86.7 Å². The third-order valence-electron chi connectivity index (χ3n) is 17.1. The van der Waals surface area contributed by atoms with Gasteiger partial charge < -0.3 is 64.7 Å². The molecular weight excluding hydrogens is 1160 g/mol. The SMILES string of the molecule is CO[C@H]1/C=C/O[C@@]2(C)Oc3c(C)c(O)c4c(O)c(c(/C=N/N5CCN(C(=O)C6CCN(c7nc8c(cc7F)c(=O)c(C(=O)O)cn8-c7ccc(F)cc7F)C6)CC5)c(O)c4c3C2=O)NC(=O)/C(C)=C\C=C\[C@@H](C)[C@H](O)[C@@H](C)[C@@H](O)[C@@H](C)[C@H](OC(C)=O)[C@@H]1C. The highest BCUT2D eigenvalue weighted by molar-refractivity contribution is 6.24. The number of aliphatic hydroxyl groups excluding tert-OH is 2. The summed E-state index contributed by atoms with van der Waals surface area (Å²) in [5.74, 6) is -15.6. The molecule has 5 aliphatic heterocycles. The summed E-state index contributed by atoms with van der Waals surface area (Å²) in [6.07, 6.45) is 5.14. The van der Waals surface area contributed by atoms with E-state index in [1.165, 1.54) is 57.9 Å². The van der Waals surface area contributed by atoms with Crippen LogP contribution >= 0.6 is 0 Å². The molecule has 88 heavy (non-hydrogen) atoms. The van der Waals surface area contributed by atoms with Gasteiger partial charge in [-0.2, -0.15) is 5.10 Å². The minimum Gasteiger partial charge on any atom is -0.507 e. The fourth-order valence-corrected chi connectivity index (χ4v) is 11.9. The first-order chi connectivity index (χ1) is 41.6. The summed E-state index contributed by atoms with van der Waals surface area (Å²) < 4.78 is 69.7. The number of hydrogen-bond acceptors (Lipinski definition) is 19. The second-order valence-electron chi connectivity index (χ2n) is 22.9. The van der Waals surface area contributed by atoms with Gasteiger partial charge in [-0.05, 0) is 44.5 Å². The number of anilines is 2. The van der Waals surface area contributed by atoms with E-state index in [0.29, 0.717) is 6.07 Å². The fraction of sp³-hybridized carbons (Fsp3) is 0.419. The predicted octanol–water partition coefficient (Wildman–Crippen LogP) is 6.57. The lowest BCUT2D eigenvalue weighted by Crippen LogP contribution is -2.49. The summed E-state index contributed by atoms with van der Waals surface area (Å²) >= 11 is 0. The number of aliphatic hydroxyl groups is 2. The van der Waals surface area contributed by atoms with Gasteiger partial charge in [0.05, 0.1) is 83.1 Å². The Kier molecular flexibility index (Phi) is 18.0. The van der Waals surface area contributed by atoms with Crippen molar-refractivity contribution in [2.75, 3.05) is 56.6 Å². The number of nitrogens with zero attached hydrogens (tertiary/aromatic N) is 6. The summed E-state index contributed by atoms with van der Waals surface area (Å²) in [6, 6.07) is 3.28. The monoisotopic (exact) mass is 1220 g/mol. The summed E-state index contributed by atoms with van der Waals surface area (Å²) in [5.41, 5.74) is -3.60. The van der Waals surface area contributed by atoms with Gasteiger partial charge in [0, 0.05) is 99.6 Å². The van der Waals surface area contributed by atoms with Crippen molar-refractivity contribution >= 4 is 69.1 Å². The molecule has 0 spiro atoms. The van der Waals surface area contributed by atoms with Gasteiger partial charge in [-0.1, -0.05) is 45.9 Å². The van der Waals surface area contributed by atoms with E-state index in [9.17, 15) is 63.8 Å². The van der Waals surface area contributed by atoms with Crippen LogP contribution in [0.2, 0.25) is 0 Å². The third-order valence-corrected chi connectivity index (χ3v) is 17.1. The predicted molar refractivity (Wildman–Crippen MR) is 314 cm³/mol. The van der Waals surface area contributed by atoms with Gasteiger partial charge in [0.1, 0.15) is 40.6 Å². The zero-order chi connectivity index (χ0) is 64.1. The number of carbonyl (C=O) groups is 5. The average molecular weight is 1220 g/mol. The first kappa shape index (κ1) is 63.5. The number of hydrogen-bond donors (Lipinski definition) is 7. The fourth-order valence-electron chi connectivity index (χ4n) is 11.9. The van der Waals surface area contributed by atoms with Crippen molar-refractivity contribution in [3.63, 3.8) is 0 Å². The van der Waals surface area contributed by atoms with Crippen LogP contribution in [-0.2, 0) is 28.6 Å². The highest BCUT2D eigenvalue weighted by Crippen LogP contribution is 2.55. The number of allylic oxidation sites excluding steroid dienone is 2. The molecule has 23 nitrogen and oxygen atoms in total. The topological polar surface area (TPSA) is 313 Å². The zero-order valence-electron chi connectivity index (χ0n) is 49.6. The van der Waals surface area contributed by atoms with E-state index in [2.05, 4.69) is 15.4 Å². The Bertz CT molecular complexity index is 3860. The third kappa shape index (κ3) is 11.8. The number of nitrogens with one attached hydrogen (secondary N) is 1. The number of methoxy groups -OCH3 is 1. The number of benzene rings is 3. The molecule has 7 heterocycles. The Morgan fingerprint density at radius 3 is 2.25 bits per heavy atom. The number of aromatic nitrogens is 2. The van der Waals surface area contributed by atoms with Gasteiger partial charge in [0.15, 0.2) is 23.0 Å². The molecule has 10 atom stereocenters. The summed E-state index contributed by atoms with van der Waals surface area (Å²) in [7, 11) is 1.39. The molecule has 3 aromatic carbocycles. The number of pyridine rings is 2. The van der Waals surface area contributed by atoms with Crippen molar-refractivity contribution in [2.45, 2.75) is 92.0 Å². The molecule has 2 aromatic heterocycles. The Morgan fingerprint density at radius 1 is 0.886 bits per heavy atom. The molecule has 0 aliphatic carbocycles. The van der Waals surface area contributed by atoms with Crippen LogP contribution in [0.15, 0.2) is 76.5 Å². The number of hydrazone groups is 1. The van der Waals surface area contributed by atoms with Crippen LogP contribution in [0.1, 0.15) is 86.7 Å². The van der Waals surface area contributed by atoms with E-state index >= 15 is 8.78 Å². The zero-order valence-corrected chi connectivity index (χ0v) is 49.6. The van der Waals surface area contributed by atoms with Crippen molar-refractivity contribution in [1.29, 1.82) is 0 Å². The molecule has 2 saturated heterocycles. The number of phenols is 3. The summed E-state index contributed by atoms with van der Waals surface area (Å²) in [5, 5.41) is 76.8.